The van der Waals surface area contributed by atoms with E-state index in [-0.39, 0.29) is 6.10 Å². The van der Waals surface area contributed by atoms with E-state index in [4.69, 9.17) is 5.73 Å². The fourth-order valence-corrected chi connectivity index (χ4v) is 4.26. The van der Waals surface area contributed by atoms with E-state index in [1.54, 1.807) is 10.2 Å². The first-order valence-corrected chi connectivity index (χ1v) is 10.2. The summed E-state index contributed by atoms with van der Waals surface area (Å²) in [6.07, 6.45) is 4.63. The number of pyridine rings is 1. The normalized spacial score (nSPS) is 13.6. The summed E-state index contributed by atoms with van der Waals surface area (Å²) in [4.78, 5) is 7.11. The Balaban J connectivity index is 1.95. The van der Waals surface area contributed by atoms with Crippen LogP contribution in [-0.2, 0) is 17.4 Å². The van der Waals surface area contributed by atoms with Gasteiger partial charge in [0.25, 0.3) is 0 Å². The highest BCUT2D eigenvalue weighted by Gasteiger charge is 2.16. The van der Waals surface area contributed by atoms with Gasteiger partial charge in [0.05, 0.1) is 22.0 Å². The van der Waals surface area contributed by atoms with Gasteiger partial charge in [0.2, 0.25) is 0 Å². The van der Waals surface area contributed by atoms with Crippen molar-refractivity contribution >= 4 is 27.7 Å². The van der Waals surface area contributed by atoms with E-state index in [0.717, 1.165) is 22.3 Å². The third kappa shape index (κ3) is 4.21. The van der Waals surface area contributed by atoms with Crippen LogP contribution in [0.5, 0.6) is 0 Å². The maximum Gasteiger partial charge on any atom is 0.157 e. The van der Waals surface area contributed by atoms with Crippen LogP contribution in [0.15, 0.2) is 53.7 Å². The number of fused-ring (bicyclic) bond motifs is 1. The smallest absolute Gasteiger partial charge is 0.157 e. The minimum absolute atomic E-state index is 0.387. The van der Waals surface area contributed by atoms with E-state index in [0.29, 0.717) is 30.8 Å². The molecule has 0 aliphatic heterocycles. The summed E-state index contributed by atoms with van der Waals surface area (Å²) in [7, 11) is 0.527. The van der Waals surface area contributed by atoms with Gasteiger partial charge in [-0.3, -0.25) is 8.96 Å². The number of benzene rings is 1. The standard InChI is InChI=1S/C20H26N4O2S/c1-3-17(25)14-23(2)16-6-4-7-18(12-16)27(26)24-13-15(9-10-21)20-19(24)8-5-11-22-20/h4-8,11-13,17,25H,3,9-10,14,21H2,1-2H3. The number of rotatable bonds is 8. The molecule has 2 aromatic heterocycles. The predicted molar refractivity (Wildman–Crippen MR) is 110 cm³/mol. The average molecular weight is 387 g/mol. The first-order valence-electron chi connectivity index (χ1n) is 9.11. The highest BCUT2D eigenvalue weighted by molar-refractivity contribution is 7.83. The zero-order valence-electron chi connectivity index (χ0n) is 15.7. The maximum atomic E-state index is 13.3. The molecule has 0 saturated heterocycles. The van der Waals surface area contributed by atoms with Crippen LogP contribution in [0.4, 0.5) is 5.69 Å². The molecule has 27 heavy (non-hydrogen) atoms. The number of hydrogen-bond acceptors (Lipinski definition) is 5. The van der Waals surface area contributed by atoms with Crippen LogP contribution >= 0.6 is 0 Å². The Bertz CT molecular complexity index is 941. The number of hydrogen-bond donors (Lipinski definition) is 2. The zero-order valence-corrected chi connectivity index (χ0v) is 16.5. The third-order valence-electron chi connectivity index (χ3n) is 4.61. The van der Waals surface area contributed by atoms with Crippen molar-refractivity contribution in [2.75, 3.05) is 25.0 Å². The van der Waals surface area contributed by atoms with Crippen LogP contribution in [0.25, 0.3) is 11.0 Å². The highest BCUT2D eigenvalue weighted by atomic mass is 32.2. The van der Waals surface area contributed by atoms with Crippen LogP contribution < -0.4 is 10.6 Å². The molecule has 0 bridgehead atoms. The van der Waals surface area contributed by atoms with E-state index >= 15 is 0 Å². The monoisotopic (exact) mass is 386 g/mol. The predicted octanol–water partition coefficient (Wildman–Crippen LogP) is 2.32. The number of nitrogens with two attached hydrogens (primary N) is 1. The number of likely N-dealkylation sites (N-methyl/N-ethyl adjacent to an activating group) is 1. The van der Waals surface area contributed by atoms with Crippen LogP contribution in [0, 0.1) is 0 Å². The van der Waals surface area contributed by atoms with Crippen LogP contribution in [0.2, 0.25) is 0 Å². The molecular formula is C20H26N4O2S. The highest BCUT2D eigenvalue weighted by Crippen LogP contribution is 2.24. The summed E-state index contributed by atoms with van der Waals surface area (Å²) < 4.78 is 15.0. The SMILES string of the molecule is CCC(O)CN(C)c1cccc(S(=O)n2cc(CCN)c3ncccc32)c1. The Morgan fingerprint density at radius 2 is 2.15 bits per heavy atom. The Morgan fingerprint density at radius 3 is 2.89 bits per heavy atom. The van der Waals surface area contributed by atoms with Crippen molar-refractivity contribution in [3.63, 3.8) is 0 Å². The van der Waals surface area contributed by atoms with E-state index in [1.807, 2.05) is 61.5 Å². The lowest BCUT2D eigenvalue weighted by atomic mass is 10.2. The molecular weight excluding hydrogens is 360 g/mol. The molecule has 0 spiro atoms. The maximum absolute atomic E-state index is 13.3. The molecule has 0 radical (unpaired) electrons. The number of nitrogens with zero attached hydrogens (tertiary/aromatic N) is 3. The molecule has 0 saturated carbocycles. The largest absolute Gasteiger partial charge is 0.391 e. The second kappa shape index (κ2) is 8.65. The molecule has 2 atom stereocenters. The summed E-state index contributed by atoms with van der Waals surface area (Å²) in [5, 5.41) is 9.89. The lowest BCUT2D eigenvalue weighted by Crippen LogP contribution is -2.28. The van der Waals surface area contributed by atoms with E-state index in [1.165, 1.54) is 0 Å². The molecule has 6 nitrogen and oxygen atoms in total. The van der Waals surface area contributed by atoms with Gasteiger partial charge in [-0.2, -0.15) is 0 Å². The van der Waals surface area contributed by atoms with Gasteiger partial charge in [0.15, 0.2) is 11.0 Å². The summed E-state index contributed by atoms with van der Waals surface area (Å²) in [5.74, 6) is 0. The van der Waals surface area contributed by atoms with E-state index in [9.17, 15) is 9.32 Å². The second-order valence-corrected chi connectivity index (χ2v) is 7.94. The van der Waals surface area contributed by atoms with Crippen molar-refractivity contribution in [3.8, 4) is 0 Å². The summed E-state index contributed by atoms with van der Waals surface area (Å²) in [6, 6.07) is 11.4. The van der Waals surface area contributed by atoms with Crippen molar-refractivity contribution < 1.29 is 9.32 Å². The molecule has 0 aliphatic rings. The van der Waals surface area contributed by atoms with Gasteiger partial charge in [0.1, 0.15) is 0 Å². The number of anilines is 1. The lowest BCUT2D eigenvalue weighted by molar-refractivity contribution is 0.177. The minimum Gasteiger partial charge on any atom is -0.391 e. The fraction of sp³-hybridized carbons (Fsp3) is 0.350. The van der Waals surface area contributed by atoms with Gasteiger partial charge >= 0.3 is 0 Å². The fourth-order valence-electron chi connectivity index (χ4n) is 3.06. The van der Waals surface area contributed by atoms with Gasteiger partial charge in [0, 0.05) is 31.7 Å². The minimum atomic E-state index is -1.40. The molecule has 3 rings (SSSR count). The Labute approximate surface area is 162 Å². The van der Waals surface area contributed by atoms with Gasteiger partial charge in [-0.15, -0.1) is 0 Å². The molecule has 0 aliphatic carbocycles. The topological polar surface area (TPSA) is 84.4 Å². The Hall–Kier alpha value is -2.22. The van der Waals surface area contributed by atoms with Gasteiger partial charge < -0.3 is 15.7 Å². The molecule has 2 heterocycles. The van der Waals surface area contributed by atoms with Crippen LogP contribution in [0.1, 0.15) is 18.9 Å². The van der Waals surface area contributed by atoms with Crippen molar-refractivity contribution in [3.05, 3.63) is 54.4 Å². The number of aliphatic hydroxyl groups excluding tert-OH is 1. The molecule has 7 heteroatoms. The van der Waals surface area contributed by atoms with Gasteiger partial charge in [-0.05, 0) is 55.3 Å². The quantitative estimate of drug-likeness (QED) is 0.621. The van der Waals surface area contributed by atoms with Crippen LogP contribution in [0.3, 0.4) is 0 Å². The van der Waals surface area contributed by atoms with E-state index in [2.05, 4.69) is 4.98 Å². The van der Waals surface area contributed by atoms with Crippen molar-refractivity contribution in [2.24, 2.45) is 5.73 Å². The molecule has 2 unspecified atom stereocenters. The number of aliphatic hydroxyl groups is 1. The molecule has 1 aromatic carbocycles. The number of aromatic nitrogens is 2. The van der Waals surface area contributed by atoms with Crippen LogP contribution in [-0.4, -0.2) is 44.5 Å². The molecule has 144 valence electrons. The Kier molecular flexibility index (Phi) is 6.26. The van der Waals surface area contributed by atoms with Crippen molar-refractivity contribution in [1.82, 2.24) is 8.96 Å². The molecule has 3 aromatic rings. The molecule has 3 N–H and O–H groups in total. The Morgan fingerprint density at radius 1 is 1.33 bits per heavy atom. The first-order chi connectivity index (χ1) is 13.0. The van der Waals surface area contributed by atoms with E-state index < -0.39 is 11.0 Å². The van der Waals surface area contributed by atoms with Gasteiger partial charge in [-0.1, -0.05) is 13.0 Å². The summed E-state index contributed by atoms with van der Waals surface area (Å²) >= 11 is 0. The van der Waals surface area contributed by atoms with Gasteiger partial charge in [-0.25, -0.2) is 4.21 Å². The lowest BCUT2D eigenvalue weighted by Gasteiger charge is -2.22. The average Bonchev–Trinajstić information content (AvgIpc) is 3.06. The summed E-state index contributed by atoms with van der Waals surface area (Å²) in [5.41, 5.74) is 9.31. The van der Waals surface area contributed by atoms with Crippen molar-refractivity contribution in [2.45, 2.75) is 30.8 Å². The second-order valence-electron chi connectivity index (χ2n) is 6.58. The third-order valence-corrected chi connectivity index (χ3v) is 5.93. The summed E-state index contributed by atoms with van der Waals surface area (Å²) in [6.45, 7) is 3.00. The van der Waals surface area contributed by atoms with Crippen molar-refractivity contribution in [1.29, 1.82) is 0 Å². The molecule has 0 amide bonds. The molecule has 0 fully saturated rings. The first kappa shape index (κ1) is 19.5. The zero-order chi connectivity index (χ0) is 19.4.